The van der Waals surface area contributed by atoms with Crippen molar-refractivity contribution in [3.63, 3.8) is 0 Å². The lowest BCUT2D eigenvalue weighted by Gasteiger charge is -2.47. The van der Waals surface area contributed by atoms with Crippen LogP contribution in [0.2, 0.25) is 32.3 Å². The molecule has 5 atom stereocenters. The van der Waals surface area contributed by atoms with Gasteiger partial charge >= 0.3 is 14.2 Å². The van der Waals surface area contributed by atoms with E-state index in [1.165, 1.54) is 0 Å². The van der Waals surface area contributed by atoms with Crippen LogP contribution in [-0.4, -0.2) is 59.9 Å². The molecule has 3 aliphatic heterocycles. The van der Waals surface area contributed by atoms with Gasteiger partial charge in [-0.2, -0.15) is 0 Å². The Hall–Kier alpha value is 0.107. The van der Waals surface area contributed by atoms with Gasteiger partial charge in [-0.05, 0) is 32.3 Å². The Labute approximate surface area is 160 Å². The van der Waals surface area contributed by atoms with Crippen LogP contribution in [-0.2, 0) is 27.8 Å². The van der Waals surface area contributed by atoms with Gasteiger partial charge in [0.2, 0.25) is 0 Å². The first kappa shape index (κ1) is 20.8. The van der Waals surface area contributed by atoms with E-state index >= 15 is 0 Å². The van der Waals surface area contributed by atoms with Crippen molar-refractivity contribution in [2.45, 2.75) is 103 Å². The van der Waals surface area contributed by atoms with E-state index in [2.05, 4.69) is 33.5 Å². The van der Waals surface area contributed by atoms with Crippen molar-refractivity contribution in [3.05, 3.63) is 0 Å². The average Bonchev–Trinajstić information content (AvgIpc) is 3.02. The number of hydrogen-bond acceptors (Lipinski definition) is 6. The monoisotopic (exact) mass is 384 g/mol. The van der Waals surface area contributed by atoms with E-state index in [0.29, 0.717) is 6.61 Å². The summed E-state index contributed by atoms with van der Waals surface area (Å²) < 4.78 is 37.2. The molecule has 3 heterocycles. The predicted octanol–water partition coefficient (Wildman–Crippen LogP) is 3.34. The summed E-state index contributed by atoms with van der Waals surface area (Å²) >= 11 is 0. The molecule has 0 saturated carbocycles. The maximum Gasteiger partial charge on any atom is 0.457 e. The zero-order chi connectivity index (χ0) is 18.7. The van der Waals surface area contributed by atoms with Crippen LogP contribution in [0.3, 0.4) is 0 Å². The minimum atomic E-state index is -1.78. The third-order valence-electron chi connectivity index (χ3n) is 5.02. The van der Waals surface area contributed by atoms with Crippen LogP contribution in [0, 0.1) is 0 Å². The van der Waals surface area contributed by atoms with Crippen molar-refractivity contribution in [2.75, 3.05) is 6.61 Å². The number of fused-ring (bicyclic) bond motifs is 3. The Morgan fingerprint density at radius 1 is 0.885 bits per heavy atom. The van der Waals surface area contributed by atoms with Crippen LogP contribution >= 0.6 is 0 Å². The molecule has 3 saturated heterocycles. The Bertz CT molecular complexity index is 451. The molecule has 3 rings (SSSR count). The molecular weight excluding hydrogens is 350 g/mol. The summed E-state index contributed by atoms with van der Waals surface area (Å²) in [6, 6.07) is 0. The molecule has 0 aliphatic carbocycles. The van der Waals surface area contributed by atoms with Crippen LogP contribution in [0.15, 0.2) is 0 Å². The molecule has 1 unspecified atom stereocenters. The lowest BCUT2D eigenvalue weighted by Crippen LogP contribution is -2.64. The summed E-state index contributed by atoms with van der Waals surface area (Å²) in [5, 5.41) is 0. The molecule has 0 aromatic carbocycles. The second-order valence-corrected chi connectivity index (χ2v) is 13.0. The van der Waals surface area contributed by atoms with E-state index in [-0.39, 0.29) is 38.7 Å². The summed E-state index contributed by atoms with van der Waals surface area (Å²) in [7, 11) is -2.15. The first-order valence-corrected chi connectivity index (χ1v) is 13.7. The second kappa shape index (κ2) is 9.07. The van der Waals surface area contributed by atoms with Gasteiger partial charge in [-0.15, -0.1) is 0 Å². The Morgan fingerprint density at radius 3 is 2.15 bits per heavy atom. The zero-order valence-corrected chi connectivity index (χ0v) is 17.9. The summed E-state index contributed by atoms with van der Waals surface area (Å²) in [4.78, 5) is 0. The third kappa shape index (κ3) is 5.13. The smallest absolute Gasteiger partial charge is 0.408 e. The molecule has 0 bridgehead atoms. The lowest BCUT2D eigenvalue weighted by molar-refractivity contribution is -0.261. The van der Waals surface area contributed by atoms with Gasteiger partial charge in [0.1, 0.15) is 12.2 Å². The molecule has 0 N–H and O–H groups in total. The van der Waals surface area contributed by atoms with E-state index in [9.17, 15) is 0 Å². The van der Waals surface area contributed by atoms with Crippen molar-refractivity contribution < 1.29 is 27.8 Å². The van der Waals surface area contributed by atoms with E-state index in [0.717, 1.165) is 38.3 Å². The van der Waals surface area contributed by atoms with Crippen molar-refractivity contribution in [3.8, 4) is 0 Å². The molecule has 148 valence electrons. The molecule has 26 heavy (non-hydrogen) atoms. The van der Waals surface area contributed by atoms with Crippen molar-refractivity contribution in [1.29, 1.82) is 0 Å². The van der Waals surface area contributed by atoms with E-state index in [1.54, 1.807) is 0 Å². The van der Waals surface area contributed by atoms with Gasteiger partial charge < -0.3 is 27.8 Å². The lowest BCUT2D eigenvalue weighted by atomic mass is 9.79. The highest BCUT2D eigenvalue weighted by Gasteiger charge is 2.57. The zero-order valence-electron chi connectivity index (χ0n) is 16.9. The minimum absolute atomic E-state index is 0.148. The van der Waals surface area contributed by atoms with Gasteiger partial charge in [-0.25, -0.2) is 0 Å². The fourth-order valence-corrected chi connectivity index (χ4v) is 4.63. The number of hydrogen-bond donors (Lipinski definition) is 0. The van der Waals surface area contributed by atoms with Gasteiger partial charge in [0.05, 0.1) is 18.8 Å². The fraction of sp³-hybridized carbons (Fsp3) is 1.00. The number of ether oxygens (including phenoxy) is 1. The number of rotatable bonds is 8. The molecule has 0 aromatic heterocycles. The SMILES string of the molecule is CCCCB1OC[C@H]2OC(O[Si](C)(C)C)[C@H]3OB(CCCC)O[C@H]3[C@@H]2O1. The van der Waals surface area contributed by atoms with Gasteiger partial charge in [0.25, 0.3) is 0 Å². The quantitative estimate of drug-likeness (QED) is 0.599. The predicted molar refractivity (Wildman–Crippen MR) is 105 cm³/mol. The fourth-order valence-electron chi connectivity index (χ4n) is 3.75. The Kier molecular flexibility index (Phi) is 7.27. The summed E-state index contributed by atoms with van der Waals surface area (Å²) in [5.41, 5.74) is 0. The molecule has 9 heteroatoms. The molecular formula is C17H34B2O6Si. The standard InChI is InChI=1S/C17H34B2O6Si/c1-6-8-10-18-20-12-13-14(22-18)15-16(17(21-13)25-26(3,4)5)24-19(23-15)11-9-7-2/h13-17H,6-12H2,1-5H3/t13-,14-,15+,16+,17?/m1/s1. The topological polar surface area (TPSA) is 55.4 Å². The third-order valence-corrected chi connectivity index (χ3v) is 5.96. The van der Waals surface area contributed by atoms with Gasteiger partial charge in [0, 0.05) is 0 Å². The van der Waals surface area contributed by atoms with E-state index < -0.39 is 14.6 Å². The van der Waals surface area contributed by atoms with Gasteiger partial charge in [0.15, 0.2) is 14.6 Å². The molecule has 0 spiro atoms. The molecule has 3 fully saturated rings. The second-order valence-electron chi connectivity index (χ2n) is 8.55. The Morgan fingerprint density at radius 2 is 1.50 bits per heavy atom. The highest BCUT2D eigenvalue weighted by Crippen LogP contribution is 2.38. The van der Waals surface area contributed by atoms with Crippen LogP contribution < -0.4 is 0 Å². The highest BCUT2D eigenvalue weighted by atomic mass is 28.4. The van der Waals surface area contributed by atoms with Crippen molar-refractivity contribution in [2.24, 2.45) is 0 Å². The first-order chi connectivity index (χ1) is 12.4. The minimum Gasteiger partial charge on any atom is -0.408 e. The van der Waals surface area contributed by atoms with Crippen molar-refractivity contribution >= 4 is 22.6 Å². The molecule has 0 aromatic rings. The van der Waals surface area contributed by atoms with Crippen LogP contribution in [0.1, 0.15) is 39.5 Å². The van der Waals surface area contributed by atoms with Crippen LogP contribution in [0.4, 0.5) is 0 Å². The summed E-state index contributed by atoms with van der Waals surface area (Å²) in [6.45, 7) is 11.4. The first-order valence-electron chi connectivity index (χ1n) is 10.3. The molecule has 0 amide bonds. The van der Waals surface area contributed by atoms with E-state index in [1.807, 2.05) is 0 Å². The van der Waals surface area contributed by atoms with Crippen molar-refractivity contribution in [1.82, 2.24) is 0 Å². The molecule has 3 aliphatic rings. The largest absolute Gasteiger partial charge is 0.457 e. The highest BCUT2D eigenvalue weighted by molar-refractivity contribution is 6.69. The normalized spacial score (nSPS) is 34.7. The maximum absolute atomic E-state index is 6.29. The number of unbranched alkanes of at least 4 members (excludes halogenated alkanes) is 2. The summed E-state index contributed by atoms with van der Waals surface area (Å²) in [6.07, 6.45) is 5.15. The van der Waals surface area contributed by atoms with E-state index in [4.69, 9.17) is 27.8 Å². The van der Waals surface area contributed by atoms with Gasteiger partial charge in [-0.3, -0.25) is 0 Å². The van der Waals surface area contributed by atoms with Crippen LogP contribution in [0.25, 0.3) is 0 Å². The summed E-state index contributed by atoms with van der Waals surface area (Å²) in [5.74, 6) is 0. The van der Waals surface area contributed by atoms with Gasteiger partial charge in [-0.1, -0.05) is 39.5 Å². The molecule has 0 radical (unpaired) electrons. The average molecular weight is 384 g/mol. The Balaban J connectivity index is 1.70. The maximum atomic E-state index is 6.29. The molecule has 6 nitrogen and oxygen atoms in total. The van der Waals surface area contributed by atoms with Crippen LogP contribution in [0.5, 0.6) is 0 Å².